The van der Waals surface area contributed by atoms with Crippen LogP contribution in [0.3, 0.4) is 0 Å². The molecule has 2 N–H and O–H groups in total. The van der Waals surface area contributed by atoms with Crippen LogP contribution in [-0.2, 0) is 6.54 Å². The first kappa shape index (κ1) is 11.4. The first-order valence-corrected chi connectivity index (χ1v) is 6.57. The van der Waals surface area contributed by atoms with Gasteiger partial charge in [-0.15, -0.1) is 11.3 Å². The Morgan fingerprint density at radius 2 is 2.40 bits per heavy atom. The molecule has 0 aromatic carbocycles. The molecule has 0 aliphatic carbocycles. The first-order valence-electron chi connectivity index (χ1n) is 5.37. The van der Waals surface area contributed by atoms with Gasteiger partial charge < -0.3 is 5.73 Å². The minimum absolute atomic E-state index is 0.383. The van der Waals surface area contributed by atoms with E-state index >= 15 is 0 Å². The summed E-state index contributed by atoms with van der Waals surface area (Å²) in [6, 6.07) is 4.47. The van der Waals surface area contributed by atoms with Gasteiger partial charge in [-0.05, 0) is 24.5 Å². The largest absolute Gasteiger partial charge is 0.327 e. The molecule has 1 aliphatic rings. The van der Waals surface area contributed by atoms with Gasteiger partial charge in [0.05, 0.1) is 4.34 Å². The third kappa shape index (κ3) is 2.94. The lowest BCUT2D eigenvalue weighted by molar-refractivity contribution is 0.159. The van der Waals surface area contributed by atoms with Crippen LogP contribution in [0.15, 0.2) is 12.1 Å². The van der Waals surface area contributed by atoms with Crippen LogP contribution in [0.2, 0.25) is 4.34 Å². The summed E-state index contributed by atoms with van der Waals surface area (Å²) in [5.74, 6) is 0.606. The second kappa shape index (κ2) is 4.83. The third-order valence-corrected chi connectivity index (χ3v) is 4.28. The minimum atomic E-state index is 0.383. The minimum Gasteiger partial charge on any atom is -0.327 e. The smallest absolute Gasteiger partial charge is 0.0931 e. The van der Waals surface area contributed by atoms with Crippen molar-refractivity contribution >= 4 is 22.9 Å². The molecule has 0 bridgehead atoms. The van der Waals surface area contributed by atoms with Crippen molar-refractivity contribution in [3.63, 3.8) is 0 Å². The zero-order valence-electron chi connectivity index (χ0n) is 8.95. The monoisotopic (exact) mass is 244 g/mol. The Morgan fingerprint density at radius 1 is 1.60 bits per heavy atom. The molecule has 1 fully saturated rings. The lowest BCUT2D eigenvalue weighted by atomic mass is 9.95. The summed E-state index contributed by atoms with van der Waals surface area (Å²) in [6.45, 7) is 5.48. The quantitative estimate of drug-likeness (QED) is 0.867. The number of likely N-dealkylation sites (tertiary alicyclic amines) is 1. The van der Waals surface area contributed by atoms with Gasteiger partial charge in [-0.2, -0.15) is 0 Å². The van der Waals surface area contributed by atoms with E-state index in [1.807, 2.05) is 6.07 Å². The van der Waals surface area contributed by atoms with Crippen LogP contribution in [0, 0.1) is 5.92 Å². The van der Waals surface area contributed by atoms with Gasteiger partial charge in [0.15, 0.2) is 0 Å². The maximum atomic E-state index is 5.99. The van der Waals surface area contributed by atoms with E-state index in [4.69, 9.17) is 17.3 Å². The molecular formula is C11H17ClN2S. The highest BCUT2D eigenvalue weighted by Crippen LogP contribution is 2.24. The Morgan fingerprint density at radius 3 is 3.00 bits per heavy atom. The summed E-state index contributed by atoms with van der Waals surface area (Å²) >= 11 is 7.59. The molecule has 0 saturated carbocycles. The fraction of sp³-hybridized carbons (Fsp3) is 0.636. The molecule has 1 aromatic heterocycles. The Kier molecular flexibility index (Phi) is 3.67. The summed E-state index contributed by atoms with van der Waals surface area (Å²) in [7, 11) is 0. The van der Waals surface area contributed by atoms with E-state index in [0.29, 0.717) is 12.0 Å². The summed E-state index contributed by atoms with van der Waals surface area (Å²) < 4.78 is 0.881. The van der Waals surface area contributed by atoms with E-state index in [0.717, 1.165) is 30.4 Å². The number of hydrogen-bond acceptors (Lipinski definition) is 3. The van der Waals surface area contributed by atoms with Gasteiger partial charge in [-0.3, -0.25) is 4.90 Å². The number of thiophene rings is 1. The van der Waals surface area contributed by atoms with Crippen molar-refractivity contribution in [2.24, 2.45) is 11.7 Å². The summed E-state index contributed by atoms with van der Waals surface area (Å²) in [6.07, 6.45) is 1.11. The molecule has 1 saturated heterocycles. The van der Waals surface area contributed by atoms with Crippen molar-refractivity contribution in [2.45, 2.75) is 25.9 Å². The average molecular weight is 245 g/mol. The molecule has 2 nitrogen and oxygen atoms in total. The van der Waals surface area contributed by atoms with Gasteiger partial charge in [0, 0.05) is 30.6 Å². The van der Waals surface area contributed by atoms with E-state index in [1.165, 1.54) is 4.88 Å². The number of nitrogens with zero attached hydrogens (tertiary/aromatic N) is 1. The highest BCUT2D eigenvalue weighted by molar-refractivity contribution is 7.16. The Bertz CT molecular complexity index is 326. The zero-order chi connectivity index (χ0) is 10.8. The van der Waals surface area contributed by atoms with Crippen molar-refractivity contribution in [1.29, 1.82) is 0 Å². The molecule has 0 spiro atoms. The van der Waals surface area contributed by atoms with Crippen molar-refractivity contribution in [3.8, 4) is 0 Å². The maximum absolute atomic E-state index is 5.99. The van der Waals surface area contributed by atoms with E-state index in [-0.39, 0.29) is 0 Å². The van der Waals surface area contributed by atoms with E-state index in [1.54, 1.807) is 11.3 Å². The predicted molar refractivity (Wildman–Crippen MR) is 66.4 cm³/mol. The zero-order valence-corrected chi connectivity index (χ0v) is 10.5. The molecule has 15 heavy (non-hydrogen) atoms. The standard InChI is InChI=1S/C11H17ClN2S/c1-8-6-14(5-4-10(8)13)7-9-2-3-11(12)15-9/h2-3,8,10H,4-7,13H2,1H3. The number of hydrogen-bond donors (Lipinski definition) is 1. The van der Waals surface area contributed by atoms with Gasteiger partial charge in [-0.25, -0.2) is 0 Å². The van der Waals surface area contributed by atoms with Gasteiger partial charge in [0.1, 0.15) is 0 Å². The number of halogens is 1. The highest BCUT2D eigenvalue weighted by atomic mass is 35.5. The van der Waals surface area contributed by atoms with Gasteiger partial charge in [0.2, 0.25) is 0 Å². The maximum Gasteiger partial charge on any atom is 0.0931 e. The van der Waals surface area contributed by atoms with Gasteiger partial charge in [0.25, 0.3) is 0 Å². The van der Waals surface area contributed by atoms with Crippen LogP contribution in [0.25, 0.3) is 0 Å². The van der Waals surface area contributed by atoms with Crippen LogP contribution in [0.5, 0.6) is 0 Å². The second-order valence-electron chi connectivity index (χ2n) is 4.37. The van der Waals surface area contributed by atoms with Crippen LogP contribution in [0.4, 0.5) is 0 Å². The average Bonchev–Trinajstić information content (AvgIpc) is 2.58. The lowest BCUT2D eigenvalue weighted by Gasteiger charge is -2.34. The van der Waals surface area contributed by atoms with E-state index < -0.39 is 0 Å². The lowest BCUT2D eigenvalue weighted by Crippen LogP contribution is -2.45. The molecule has 2 atom stereocenters. The molecule has 0 amide bonds. The van der Waals surface area contributed by atoms with E-state index in [9.17, 15) is 0 Å². The molecule has 1 aromatic rings. The Balaban J connectivity index is 1.90. The number of nitrogens with two attached hydrogens (primary N) is 1. The normalized spacial score (nSPS) is 28.2. The molecule has 2 rings (SSSR count). The van der Waals surface area contributed by atoms with Crippen molar-refractivity contribution in [2.75, 3.05) is 13.1 Å². The molecule has 2 heterocycles. The molecule has 84 valence electrons. The van der Waals surface area contributed by atoms with Crippen LogP contribution < -0.4 is 5.73 Å². The van der Waals surface area contributed by atoms with E-state index in [2.05, 4.69) is 17.9 Å². The molecule has 4 heteroatoms. The number of piperidine rings is 1. The highest BCUT2D eigenvalue weighted by Gasteiger charge is 2.23. The molecule has 1 aliphatic heterocycles. The molecule has 0 radical (unpaired) electrons. The van der Waals surface area contributed by atoms with Crippen LogP contribution in [-0.4, -0.2) is 24.0 Å². The van der Waals surface area contributed by atoms with Crippen molar-refractivity contribution < 1.29 is 0 Å². The van der Waals surface area contributed by atoms with Crippen LogP contribution >= 0.6 is 22.9 Å². The third-order valence-electron chi connectivity index (χ3n) is 3.06. The van der Waals surface area contributed by atoms with Gasteiger partial charge in [-0.1, -0.05) is 18.5 Å². The molecule has 2 unspecified atom stereocenters. The fourth-order valence-electron chi connectivity index (χ4n) is 2.05. The van der Waals surface area contributed by atoms with Crippen molar-refractivity contribution in [1.82, 2.24) is 4.90 Å². The fourth-order valence-corrected chi connectivity index (χ4v) is 3.18. The predicted octanol–water partition coefficient (Wildman–Crippen LogP) is 2.57. The van der Waals surface area contributed by atoms with Gasteiger partial charge >= 0.3 is 0 Å². The number of rotatable bonds is 2. The second-order valence-corrected chi connectivity index (χ2v) is 6.17. The van der Waals surface area contributed by atoms with Crippen LogP contribution in [0.1, 0.15) is 18.2 Å². The molecular weight excluding hydrogens is 228 g/mol. The topological polar surface area (TPSA) is 29.3 Å². The SMILES string of the molecule is CC1CN(Cc2ccc(Cl)s2)CCC1N. The first-order chi connectivity index (χ1) is 7.15. The van der Waals surface area contributed by atoms with Crippen molar-refractivity contribution in [3.05, 3.63) is 21.3 Å². The Hall–Kier alpha value is -0.0900. The summed E-state index contributed by atoms with van der Waals surface area (Å²) in [5.41, 5.74) is 5.99. The summed E-state index contributed by atoms with van der Waals surface area (Å²) in [4.78, 5) is 3.82. The summed E-state index contributed by atoms with van der Waals surface area (Å²) in [5, 5.41) is 0. The Labute approximate surface area is 100 Å².